The molecular formula is C17H23N3O2. The Morgan fingerprint density at radius 1 is 1.18 bits per heavy atom. The monoisotopic (exact) mass is 301 g/mol. The fourth-order valence-corrected chi connectivity index (χ4v) is 2.58. The minimum atomic E-state index is -0.101. The first kappa shape index (κ1) is 16.1. The van der Waals surface area contributed by atoms with E-state index in [0.29, 0.717) is 19.6 Å². The lowest BCUT2D eigenvalue weighted by atomic mass is 10.2. The van der Waals surface area contributed by atoms with Gasteiger partial charge in [-0.25, -0.2) is 0 Å². The molecule has 5 heteroatoms. The Labute approximate surface area is 131 Å². The predicted molar refractivity (Wildman–Crippen MR) is 87.7 cm³/mol. The molecule has 0 spiro atoms. The zero-order valence-electron chi connectivity index (χ0n) is 13.1. The molecule has 2 amide bonds. The van der Waals surface area contributed by atoms with Crippen molar-refractivity contribution in [1.82, 2.24) is 9.80 Å². The van der Waals surface area contributed by atoms with E-state index in [9.17, 15) is 9.59 Å². The van der Waals surface area contributed by atoms with Gasteiger partial charge in [0.05, 0.1) is 0 Å². The lowest BCUT2D eigenvalue weighted by molar-refractivity contribution is -0.139. The fourth-order valence-electron chi connectivity index (χ4n) is 2.58. The van der Waals surface area contributed by atoms with Gasteiger partial charge in [0, 0.05) is 45.3 Å². The summed E-state index contributed by atoms with van der Waals surface area (Å²) in [6, 6.07) is 10.2. The summed E-state index contributed by atoms with van der Waals surface area (Å²) in [6.45, 7) is 8.65. The molecule has 1 fully saturated rings. The number of hydrogen-bond acceptors (Lipinski definition) is 3. The van der Waals surface area contributed by atoms with Gasteiger partial charge in [-0.05, 0) is 12.1 Å². The van der Waals surface area contributed by atoms with Crippen molar-refractivity contribution in [3.05, 3.63) is 43.0 Å². The van der Waals surface area contributed by atoms with Crippen molar-refractivity contribution in [3.8, 4) is 0 Å². The zero-order chi connectivity index (χ0) is 15.9. The van der Waals surface area contributed by atoms with E-state index < -0.39 is 0 Å². The van der Waals surface area contributed by atoms with Crippen LogP contribution in [0, 0.1) is 0 Å². The Bertz CT molecular complexity index is 522. The Hall–Kier alpha value is -2.30. The summed E-state index contributed by atoms with van der Waals surface area (Å²) in [5.74, 6) is -0.0964. The van der Waals surface area contributed by atoms with E-state index in [0.717, 1.165) is 13.1 Å². The van der Waals surface area contributed by atoms with Gasteiger partial charge in [-0.3, -0.25) is 9.59 Å². The average Bonchev–Trinajstić information content (AvgIpc) is 2.55. The highest BCUT2D eigenvalue weighted by molar-refractivity contribution is 5.84. The lowest BCUT2D eigenvalue weighted by Crippen LogP contribution is -2.51. The first-order valence-electron chi connectivity index (χ1n) is 7.56. The van der Waals surface area contributed by atoms with Gasteiger partial charge in [-0.2, -0.15) is 0 Å². The largest absolute Gasteiger partial charge is 0.368 e. The molecule has 0 bridgehead atoms. The first-order valence-corrected chi connectivity index (χ1v) is 7.56. The maximum Gasteiger partial charge on any atom is 0.242 e. The average molecular weight is 301 g/mol. The van der Waals surface area contributed by atoms with Gasteiger partial charge in [0.1, 0.15) is 6.54 Å². The topological polar surface area (TPSA) is 43.9 Å². The highest BCUT2D eigenvalue weighted by Crippen LogP contribution is 2.15. The van der Waals surface area contributed by atoms with Crippen LogP contribution < -0.4 is 4.90 Å². The standard InChI is InChI=1S/C17H23N3O2/c1-3-9-20(15(2)21)14-17(22)19-12-10-18(11-13-19)16-7-5-4-6-8-16/h3-8H,1,9-14H2,2H3. The summed E-state index contributed by atoms with van der Waals surface area (Å²) in [5.41, 5.74) is 1.19. The molecule has 1 aliphatic heterocycles. The Morgan fingerprint density at radius 3 is 2.36 bits per heavy atom. The molecule has 0 unspecified atom stereocenters. The maximum absolute atomic E-state index is 12.3. The second-order valence-corrected chi connectivity index (χ2v) is 5.39. The SMILES string of the molecule is C=CCN(CC(=O)N1CCN(c2ccccc2)CC1)C(C)=O. The molecule has 1 aromatic carbocycles. The number of carbonyl (C=O) groups excluding carboxylic acids is 2. The number of nitrogens with zero attached hydrogens (tertiary/aromatic N) is 3. The third-order valence-corrected chi connectivity index (χ3v) is 3.87. The van der Waals surface area contributed by atoms with Gasteiger partial charge >= 0.3 is 0 Å². The van der Waals surface area contributed by atoms with Crippen LogP contribution in [0.5, 0.6) is 0 Å². The number of piperazine rings is 1. The first-order chi connectivity index (χ1) is 10.6. The van der Waals surface area contributed by atoms with Crippen LogP contribution in [0.3, 0.4) is 0 Å². The molecule has 0 aromatic heterocycles. The third kappa shape index (κ3) is 4.10. The molecule has 5 nitrogen and oxygen atoms in total. The highest BCUT2D eigenvalue weighted by atomic mass is 16.2. The van der Waals surface area contributed by atoms with E-state index in [2.05, 4.69) is 23.6 Å². The molecule has 1 saturated heterocycles. The molecule has 0 N–H and O–H groups in total. The van der Waals surface area contributed by atoms with Crippen molar-refractivity contribution < 1.29 is 9.59 Å². The summed E-state index contributed by atoms with van der Waals surface area (Å²) in [6.07, 6.45) is 1.64. The molecule has 22 heavy (non-hydrogen) atoms. The van der Waals surface area contributed by atoms with Crippen LogP contribution in [-0.2, 0) is 9.59 Å². The van der Waals surface area contributed by atoms with Crippen molar-refractivity contribution in [3.63, 3.8) is 0 Å². The molecule has 1 heterocycles. The highest BCUT2D eigenvalue weighted by Gasteiger charge is 2.23. The molecule has 1 aliphatic rings. The second kappa shape index (κ2) is 7.64. The molecule has 0 radical (unpaired) electrons. The molecular weight excluding hydrogens is 278 g/mol. The van der Waals surface area contributed by atoms with Crippen LogP contribution >= 0.6 is 0 Å². The summed E-state index contributed by atoms with van der Waals surface area (Å²) in [5, 5.41) is 0. The van der Waals surface area contributed by atoms with Gasteiger partial charge in [0.2, 0.25) is 11.8 Å². The predicted octanol–water partition coefficient (Wildman–Crippen LogP) is 1.37. The molecule has 0 atom stereocenters. The minimum Gasteiger partial charge on any atom is -0.368 e. The molecule has 1 aromatic rings. The van der Waals surface area contributed by atoms with Gasteiger partial charge in [-0.1, -0.05) is 24.3 Å². The van der Waals surface area contributed by atoms with Crippen molar-refractivity contribution in [2.75, 3.05) is 44.2 Å². The van der Waals surface area contributed by atoms with Gasteiger partial charge in [0.25, 0.3) is 0 Å². The number of hydrogen-bond donors (Lipinski definition) is 0. The van der Waals surface area contributed by atoms with Crippen LogP contribution in [0.4, 0.5) is 5.69 Å². The summed E-state index contributed by atoms with van der Waals surface area (Å²) >= 11 is 0. The normalized spacial score (nSPS) is 14.6. The van der Waals surface area contributed by atoms with Crippen molar-refractivity contribution in [1.29, 1.82) is 0 Å². The van der Waals surface area contributed by atoms with Gasteiger partial charge < -0.3 is 14.7 Å². The lowest BCUT2D eigenvalue weighted by Gasteiger charge is -2.36. The van der Waals surface area contributed by atoms with Crippen molar-refractivity contribution in [2.24, 2.45) is 0 Å². The van der Waals surface area contributed by atoms with E-state index in [1.807, 2.05) is 23.1 Å². The molecule has 2 rings (SSSR count). The minimum absolute atomic E-state index is 0.00441. The number of anilines is 1. The molecule has 118 valence electrons. The smallest absolute Gasteiger partial charge is 0.242 e. The van der Waals surface area contributed by atoms with Crippen molar-refractivity contribution >= 4 is 17.5 Å². The Kier molecular flexibility index (Phi) is 5.58. The number of benzene rings is 1. The summed E-state index contributed by atoms with van der Waals surface area (Å²) in [4.78, 5) is 29.4. The van der Waals surface area contributed by atoms with Gasteiger partial charge in [-0.15, -0.1) is 6.58 Å². The Balaban J connectivity index is 1.87. The molecule has 0 saturated carbocycles. The number of rotatable bonds is 5. The quantitative estimate of drug-likeness (QED) is 0.772. The second-order valence-electron chi connectivity index (χ2n) is 5.39. The van der Waals surface area contributed by atoms with E-state index in [-0.39, 0.29) is 18.4 Å². The van der Waals surface area contributed by atoms with Crippen LogP contribution in [0.25, 0.3) is 0 Å². The summed E-state index contributed by atoms with van der Waals surface area (Å²) in [7, 11) is 0. The van der Waals surface area contributed by atoms with Crippen LogP contribution in [0.15, 0.2) is 43.0 Å². The Morgan fingerprint density at radius 2 is 1.82 bits per heavy atom. The van der Waals surface area contributed by atoms with Crippen molar-refractivity contribution in [2.45, 2.75) is 6.92 Å². The van der Waals surface area contributed by atoms with E-state index in [4.69, 9.17) is 0 Å². The van der Waals surface area contributed by atoms with Crippen LogP contribution in [0.2, 0.25) is 0 Å². The molecule has 0 aliphatic carbocycles. The maximum atomic E-state index is 12.3. The number of carbonyl (C=O) groups is 2. The van der Waals surface area contributed by atoms with E-state index in [1.165, 1.54) is 17.5 Å². The summed E-state index contributed by atoms with van der Waals surface area (Å²) < 4.78 is 0. The third-order valence-electron chi connectivity index (χ3n) is 3.87. The van der Waals surface area contributed by atoms with Gasteiger partial charge in [0.15, 0.2) is 0 Å². The number of para-hydroxylation sites is 1. The van der Waals surface area contributed by atoms with Crippen LogP contribution in [-0.4, -0.2) is 60.9 Å². The van der Waals surface area contributed by atoms with E-state index in [1.54, 1.807) is 6.08 Å². The number of amides is 2. The fraction of sp³-hybridized carbons (Fsp3) is 0.412. The van der Waals surface area contributed by atoms with E-state index >= 15 is 0 Å². The zero-order valence-corrected chi connectivity index (χ0v) is 13.1. The van der Waals surface area contributed by atoms with Crippen LogP contribution in [0.1, 0.15) is 6.92 Å².